The number of aryl methyl sites for hydroxylation is 1. The maximum Gasteiger partial charge on any atom is 0.251 e. The van der Waals surface area contributed by atoms with Gasteiger partial charge in [-0.25, -0.2) is 0 Å². The van der Waals surface area contributed by atoms with E-state index in [9.17, 15) is 4.79 Å². The largest absolute Gasteiger partial charge is 0.355 e. The molecule has 1 aromatic heterocycles. The lowest BCUT2D eigenvalue weighted by Crippen LogP contribution is -2.41. The van der Waals surface area contributed by atoms with Gasteiger partial charge in [0.15, 0.2) is 5.96 Å². The number of carbonyl (C=O) groups excluding carboxylic acids is 1. The van der Waals surface area contributed by atoms with Crippen LogP contribution in [0.25, 0.3) is 0 Å². The molecule has 2 rings (SSSR count). The highest BCUT2D eigenvalue weighted by atomic mass is 127. The van der Waals surface area contributed by atoms with E-state index in [2.05, 4.69) is 40.0 Å². The summed E-state index contributed by atoms with van der Waals surface area (Å²) in [5.41, 5.74) is 0.593. The molecule has 0 spiro atoms. The number of rotatable bonds is 6. The number of thiophene rings is 1. The monoisotopic (exact) mass is 492 g/mol. The molecule has 0 bridgehead atoms. The van der Waals surface area contributed by atoms with E-state index in [0.29, 0.717) is 29.6 Å². The second-order valence-electron chi connectivity index (χ2n) is 5.13. The van der Waals surface area contributed by atoms with E-state index in [1.54, 1.807) is 42.6 Å². The minimum atomic E-state index is -0.120. The molecule has 0 aliphatic carbocycles. The van der Waals surface area contributed by atoms with Crippen molar-refractivity contribution in [1.29, 1.82) is 0 Å². The lowest BCUT2D eigenvalue weighted by Gasteiger charge is -2.11. The number of carbonyl (C=O) groups is 1. The first-order valence-corrected chi connectivity index (χ1v) is 8.81. The van der Waals surface area contributed by atoms with Gasteiger partial charge in [0, 0.05) is 40.5 Å². The highest BCUT2D eigenvalue weighted by Crippen LogP contribution is 2.14. The van der Waals surface area contributed by atoms with Crippen molar-refractivity contribution in [2.24, 2.45) is 4.99 Å². The minimum Gasteiger partial charge on any atom is -0.355 e. The number of benzene rings is 1. The summed E-state index contributed by atoms with van der Waals surface area (Å²) in [7, 11) is 1.72. The fourth-order valence-electron chi connectivity index (χ4n) is 2.03. The Morgan fingerprint density at radius 3 is 2.36 bits per heavy atom. The predicted molar refractivity (Wildman–Crippen MR) is 116 cm³/mol. The van der Waals surface area contributed by atoms with Gasteiger partial charge in [-0.2, -0.15) is 0 Å². The Hall–Kier alpha value is -1.32. The molecule has 8 heteroatoms. The zero-order valence-corrected chi connectivity index (χ0v) is 18.0. The average Bonchev–Trinajstić information content (AvgIpc) is 3.00. The van der Waals surface area contributed by atoms with Gasteiger partial charge in [0.05, 0.1) is 6.54 Å². The van der Waals surface area contributed by atoms with Gasteiger partial charge in [0.1, 0.15) is 0 Å². The van der Waals surface area contributed by atoms with E-state index in [1.807, 2.05) is 0 Å². The predicted octanol–water partition coefficient (Wildman–Crippen LogP) is 3.42. The highest BCUT2D eigenvalue weighted by molar-refractivity contribution is 14.0. The van der Waals surface area contributed by atoms with Crippen molar-refractivity contribution in [2.75, 3.05) is 20.1 Å². The van der Waals surface area contributed by atoms with Crippen molar-refractivity contribution >= 4 is 58.8 Å². The molecule has 1 heterocycles. The molecule has 2 aromatic rings. The Kier molecular flexibility index (Phi) is 9.84. The van der Waals surface area contributed by atoms with E-state index in [1.165, 1.54) is 9.75 Å². The van der Waals surface area contributed by atoms with Gasteiger partial charge in [0.25, 0.3) is 5.91 Å². The number of hydrogen-bond acceptors (Lipinski definition) is 3. The molecule has 5 nitrogen and oxygen atoms in total. The molecule has 0 aliphatic heterocycles. The normalized spacial score (nSPS) is 10.8. The van der Waals surface area contributed by atoms with Crippen molar-refractivity contribution in [3.05, 3.63) is 56.7 Å². The van der Waals surface area contributed by atoms with E-state index in [-0.39, 0.29) is 29.9 Å². The summed E-state index contributed by atoms with van der Waals surface area (Å²) in [6.07, 6.45) is 0. The standard InChI is InChI=1S/C17H21ClN4OS.HI/c1-12-3-8-15(24-12)11-22-17(19-2)21-10-9-20-16(23)13-4-6-14(18)7-5-13;/h3-8H,9-11H2,1-2H3,(H,20,23)(H2,19,21,22);1H. The number of halogens is 2. The van der Waals surface area contributed by atoms with E-state index in [0.717, 1.165) is 6.54 Å². The van der Waals surface area contributed by atoms with Crippen LogP contribution in [-0.4, -0.2) is 32.0 Å². The average molecular weight is 493 g/mol. The molecule has 1 aromatic carbocycles. The molecule has 0 radical (unpaired) electrons. The molecule has 1 amide bonds. The zero-order valence-electron chi connectivity index (χ0n) is 14.1. The Bertz CT molecular complexity index is 703. The number of nitrogens with zero attached hydrogens (tertiary/aromatic N) is 1. The van der Waals surface area contributed by atoms with Gasteiger partial charge in [0.2, 0.25) is 0 Å². The molecule has 3 N–H and O–H groups in total. The first-order valence-electron chi connectivity index (χ1n) is 7.62. The molecular formula is C17H22ClIN4OS. The van der Waals surface area contributed by atoms with Gasteiger partial charge in [-0.3, -0.25) is 9.79 Å². The Labute approximate surface area is 174 Å². The van der Waals surface area contributed by atoms with Crippen molar-refractivity contribution in [2.45, 2.75) is 13.5 Å². The summed E-state index contributed by atoms with van der Waals surface area (Å²) >= 11 is 7.57. The second-order valence-corrected chi connectivity index (χ2v) is 6.94. The molecule has 0 aliphatic rings. The number of aliphatic imine (C=N–C) groups is 1. The van der Waals surface area contributed by atoms with Crippen LogP contribution in [-0.2, 0) is 6.54 Å². The van der Waals surface area contributed by atoms with E-state index in [4.69, 9.17) is 11.6 Å². The fraction of sp³-hybridized carbons (Fsp3) is 0.294. The Morgan fingerprint density at radius 2 is 1.76 bits per heavy atom. The van der Waals surface area contributed by atoms with Crippen molar-refractivity contribution < 1.29 is 4.79 Å². The first-order chi connectivity index (χ1) is 11.6. The summed E-state index contributed by atoms with van der Waals surface area (Å²) in [5.74, 6) is 0.590. The van der Waals surface area contributed by atoms with Gasteiger partial charge in [-0.05, 0) is 43.3 Å². The molecule has 25 heavy (non-hydrogen) atoms. The quantitative estimate of drug-likeness (QED) is 0.251. The van der Waals surface area contributed by atoms with Crippen molar-refractivity contribution in [3.8, 4) is 0 Å². The lowest BCUT2D eigenvalue weighted by atomic mass is 10.2. The first kappa shape index (κ1) is 21.7. The molecule has 0 fully saturated rings. The highest BCUT2D eigenvalue weighted by Gasteiger charge is 2.04. The van der Waals surface area contributed by atoms with Gasteiger partial charge in [-0.15, -0.1) is 35.3 Å². The summed E-state index contributed by atoms with van der Waals surface area (Å²) in [6, 6.07) is 11.0. The summed E-state index contributed by atoms with van der Waals surface area (Å²) in [4.78, 5) is 18.7. The zero-order chi connectivity index (χ0) is 17.4. The van der Waals surface area contributed by atoms with Crippen LogP contribution in [0.2, 0.25) is 5.02 Å². The Balaban J connectivity index is 0.00000312. The van der Waals surface area contributed by atoms with Crippen LogP contribution < -0.4 is 16.0 Å². The number of guanidine groups is 1. The van der Waals surface area contributed by atoms with Crippen LogP contribution in [0.4, 0.5) is 0 Å². The number of nitrogens with one attached hydrogen (secondary N) is 3. The summed E-state index contributed by atoms with van der Waals surface area (Å²) < 4.78 is 0. The van der Waals surface area contributed by atoms with Crippen LogP contribution >= 0.6 is 46.9 Å². The third-order valence-corrected chi connectivity index (χ3v) is 4.51. The molecular weight excluding hydrogens is 471 g/mol. The third kappa shape index (κ3) is 7.62. The second kappa shape index (κ2) is 11.3. The summed E-state index contributed by atoms with van der Waals surface area (Å²) in [6.45, 7) is 3.91. The van der Waals surface area contributed by atoms with Crippen LogP contribution in [0.1, 0.15) is 20.1 Å². The van der Waals surface area contributed by atoms with Crippen LogP contribution in [0.3, 0.4) is 0 Å². The Morgan fingerprint density at radius 1 is 1.08 bits per heavy atom. The maximum absolute atomic E-state index is 12.0. The minimum absolute atomic E-state index is 0. The van der Waals surface area contributed by atoms with Crippen LogP contribution in [0, 0.1) is 6.92 Å². The van der Waals surface area contributed by atoms with Crippen molar-refractivity contribution in [1.82, 2.24) is 16.0 Å². The van der Waals surface area contributed by atoms with Gasteiger partial charge < -0.3 is 16.0 Å². The number of amides is 1. The molecule has 0 unspecified atom stereocenters. The van der Waals surface area contributed by atoms with Crippen molar-refractivity contribution in [3.63, 3.8) is 0 Å². The third-order valence-electron chi connectivity index (χ3n) is 3.26. The SMILES string of the molecule is CN=C(NCCNC(=O)c1ccc(Cl)cc1)NCc1ccc(C)s1.I. The maximum atomic E-state index is 12.0. The fourth-order valence-corrected chi connectivity index (χ4v) is 2.99. The molecule has 0 atom stereocenters. The van der Waals surface area contributed by atoms with Crippen LogP contribution in [0.5, 0.6) is 0 Å². The smallest absolute Gasteiger partial charge is 0.251 e. The molecule has 0 saturated carbocycles. The van der Waals surface area contributed by atoms with Gasteiger partial charge in [-0.1, -0.05) is 11.6 Å². The van der Waals surface area contributed by atoms with Gasteiger partial charge >= 0.3 is 0 Å². The molecule has 0 saturated heterocycles. The summed E-state index contributed by atoms with van der Waals surface area (Å²) in [5, 5.41) is 9.88. The van der Waals surface area contributed by atoms with E-state index < -0.39 is 0 Å². The van der Waals surface area contributed by atoms with E-state index >= 15 is 0 Å². The van der Waals surface area contributed by atoms with Crippen LogP contribution in [0.15, 0.2) is 41.4 Å². The topological polar surface area (TPSA) is 65.5 Å². The number of hydrogen-bond donors (Lipinski definition) is 3. The molecule has 136 valence electrons. The lowest BCUT2D eigenvalue weighted by molar-refractivity contribution is 0.0954.